The molecule has 0 bridgehead atoms. The summed E-state index contributed by atoms with van der Waals surface area (Å²) in [5.41, 5.74) is 2.39. The summed E-state index contributed by atoms with van der Waals surface area (Å²) in [6, 6.07) is 12.3. The fourth-order valence-corrected chi connectivity index (χ4v) is 4.67. The Balaban J connectivity index is 0.00000612. The maximum absolute atomic E-state index is 5.62. The normalized spacial score (nSPS) is 11.2. The molecule has 2 rings (SSSR count). The van der Waals surface area contributed by atoms with Gasteiger partial charge in [0.05, 0.1) is 80.8 Å². The Labute approximate surface area is 240 Å². The van der Waals surface area contributed by atoms with E-state index < -0.39 is 0 Å². The van der Waals surface area contributed by atoms with E-state index in [-0.39, 0.29) is 34.0 Å². The smallest absolute Gasteiger partial charge is 0.169 e. The van der Waals surface area contributed by atoms with E-state index >= 15 is 0 Å². The van der Waals surface area contributed by atoms with E-state index in [9.17, 15) is 0 Å². The van der Waals surface area contributed by atoms with E-state index in [1.54, 1.807) is 28.4 Å². The number of ether oxygens (including phenoxy) is 4. The van der Waals surface area contributed by atoms with E-state index in [0.29, 0.717) is 0 Å². The fourth-order valence-electron chi connectivity index (χ4n) is 4.67. The molecule has 0 aliphatic rings. The summed E-state index contributed by atoms with van der Waals surface area (Å²) in [7, 11) is 16.0. The zero-order valence-corrected chi connectivity index (χ0v) is 26.6. The maximum Gasteiger partial charge on any atom is 0.169 e. The van der Waals surface area contributed by atoms with Gasteiger partial charge in [-0.1, -0.05) is 12.1 Å². The number of halogens is 2. The molecule has 206 valence electrons. The predicted molar refractivity (Wildman–Crippen MR) is 139 cm³/mol. The van der Waals surface area contributed by atoms with E-state index in [0.717, 1.165) is 58.1 Å². The second-order valence-corrected chi connectivity index (χ2v) is 10.4. The molecule has 0 atom stereocenters. The van der Waals surface area contributed by atoms with Gasteiger partial charge in [0.15, 0.2) is 23.0 Å². The average Bonchev–Trinajstić information content (AvgIpc) is 2.80. The number of unbranched alkanes of at least 4 members (excludes halogenated alkanes) is 3. The molecule has 0 amide bonds. The van der Waals surface area contributed by atoms with Crippen molar-refractivity contribution in [2.75, 3.05) is 69.7 Å². The summed E-state index contributed by atoms with van der Waals surface area (Å²) in [5, 5.41) is 0. The van der Waals surface area contributed by atoms with Crippen molar-refractivity contribution in [3.8, 4) is 23.0 Å². The Morgan fingerprint density at radius 1 is 0.528 bits per heavy atom. The molecule has 0 radical (unpaired) electrons. The first kappa shape index (κ1) is 34.5. The van der Waals surface area contributed by atoms with Crippen LogP contribution in [-0.4, -0.2) is 78.7 Å². The molecule has 0 N–H and O–H groups in total. The van der Waals surface area contributed by atoms with Crippen molar-refractivity contribution in [2.24, 2.45) is 0 Å². The highest BCUT2D eigenvalue weighted by Crippen LogP contribution is 2.33. The van der Waals surface area contributed by atoms with Crippen LogP contribution in [0.15, 0.2) is 36.4 Å². The van der Waals surface area contributed by atoms with Crippen LogP contribution in [0.5, 0.6) is 23.0 Å². The highest BCUT2D eigenvalue weighted by atomic mass is 79.9. The number of hydrogen-bond donors (Lipinski definition) is 0. The van der Waals surface area contributed by atoms with E-state index in [4.69, 9.17) is 18.9 Å². The third-order valence-electron chi connectivity index (χ3n) is 6.44. The van der Waals surface area contributed by atoms with E-state index in [2.05, 4.69) is 40.3 Å². The van der Waals surface area contributed by atoms with Gasteiger partial charge in [-0.2, -0.15) is 0 Å². The maximum atomic E-state index is 5.62. The van der Waals surface area contributed by atoms with Gasteiger partial charge in [-0.05, 0) is 49.9 Å². The number of hydrogen-bond acceptors (Lipinski definition) is 4. The number of rotatable bonds is 15. The van der Waals surface area contributed by atoms with Crippen molar-refractivity contribution in [3.63, 3.8) is 0 Å². The number of quaternary nitrogens is 2. The number of nitrogens with zero attached hydrogens (tertiary/aromatic N) is 2. The number of para-hydroxylation sites is 2. The quantitative estimate of drug-likeness (QED) is 0.189. The Kier molecular flexibility index (Phi) is 15.7. The molecule has 0 fully saturated rings. The van der Waals surface area contributed by atoms with Gasteiger partial charge in [-0.3, -0.25) is 0 Å². The van der Waals surface area contributed by atoms with Gasteiger partial charge in [0.25, 0.3) is 0 Å². The van der Waals surface area contributed by atoms with Crippen LogP contribution in [0.1, 0.15) is 36.8 Å². The minimum Gasteiger partial charge on any atom is -1.00 e. The van der Waals surface area contributed by atoms with Gasteiger partial charge in [0.1, 0.15) is 13.1 Å². The molecule has 6 nitrogen and oxygen atoms in total. The van der Waals surface area contributed by atoms with Crippen molar-refractivity contribution in [1.29, 1.82) is 0 Å². The van der Waals surface area contributed by atoms with Crippen molar-refractivity contribution in [2.45, 2.75) is 38.8 Å². The van der Waals surface area contributed by atoms with E-state index in [1.807, 2.05) is 24.3 Å². The molecule has 0 spiro atoms. The molecule has 2 aromatic carbocycles. The summed E-state index contributed by atoms with van der Waals surface area (Å²) in [6.45, 7) is 4.12. The Morgan fingerprint density at radius 3 is 1.19 bits per heavy atom. The molecule has 0 aliphatic carbocycles. The first-order chi connectivity index (χ1) is 16.2. The van der Waals surface area contributed by atoms with E-state index in [1.165, 1.54) is 36.8 Å². The molecule has 0 aliphatic heterocycles. The third kappa shape index (κ3) is 10.5. The molecule has 0 aromatic heterocycles. The third-order valence-corrected chi connectivity index (χ3v) is 6.44. The Bertz CT molecular complexity index is 834. The van der Waals surface area contributed by atoms with Gasteiger partial charge < -0.3 is 61.9 Å². The van der Waals surface area contributed by atoms with Gasteiger partial charge in [-0.25, -0.2) is 0 Å². The van der Waals surface area contributed by atoms with Crippen molar-refractivity contribution >= 4 is 0 Å². The summed E-state index contributed by atoms with van der Waals surface area (Å²) in [5.74, 6) is 3.30. The molecular weight excluding hydrogens is 588 g/mol. The Morgan fingerprint density at radius 2 is 0.889 bits per heavy atom. The number of benzene rings is 2. The first-order valence-electron chi connectivity index (χ1n) is 12.2. The summed E-state index contributed by atoms with van der Waals surface area (Å²) in [4.78, 5) is 0. The summed E-state index contributed by atoms with van der Waals surface area (Å²) in [6.07, 6.45) is 4.94. The fraction of sp³-hybridized carbons (Fsp3) is 0.571. The lowest BCUT2D eigenvalue weighted by molar-refractivity contribution is -0.904. The van der Waals surface area contributed by atoms with Crippen molar-refractivity contribution < 1.29 is 61.9 Å². The first-order valence-corrected chi connectivity index (χ1v) is 12.2. The minimum atomic E-state index is 0. The highest BCUT2D eigenvalue weighted by molar-refractivity contribution is 5.47. The zero-order chi connectivity index (χ0) is 25.2. The van der Waals surface area contributed by atoms with Crippen LogP contribution in [0.4, 0.5) is 0 Å². The van der Waals surface area contributed by atoms with Gasteiger partial charge >= 0.3 is 0 Å². The zero-order valence-electron chi connectivity index (χ0n) is 23.4. The lowest BCUT2D eigenvalue weighted by atomic mass is 10.1. The summed E-state index contributed by atoms with van der Waals surface area (Å²) >= 11 is 0. The Hall–Kier alpha value is -1.48. The molecule has 0 heterocycles. The average molecular weight is 634 g/mol. The molecule has 36 heavy (non-hydrogen) atoms. The van der Waals surface area contributed by atoms with Crippen LogP contribution in [0.3, 0.4) is 0 Å². The van der Waals surface area contributed by atoms with Gasteiger partial charge in [-0.15, -0.1) is 0 Å². The van der Waals surface area contributed by atoms with Crippen LogP contribution in [0, 0.1) is 0 Å². The predicted octanol–water partition coefficient (Wildman–Crippen LogP) is -0.858. The van der Waals surface area contributed by atoms with Gasteiger partial charge in [0.2, 0.25) is 0 Å². The van der Waals surface area contributed by atoms with Crippen LogP contribution >= 0.6 is 0 Å². The molecule has 0 saturated heterocycles. The standard InChI is InChI=1S/C28H46N2O4.2BrH/c1-29(2,21-23-15-13-17-25(31-5)27(23)33-7)19-11-9-10-12-20-30(3,4)22-24-16-14-18-26(32-6)28(24)34-8;;/h13-18H,9-12,19-22H2,1-8H3;2*1H/q+2;;/p-2. The molecular formula is C28H46Br2N2O4. The molecule has 0 saturated carbocycles. The van der Waals surface area contributed by atoms with Crippen LogP contribution < -0.4 is 52.9 Å². The second kappa shape index (κ2) is 16.4. The topological polar surface area (TPSA) is 36.9 Å². The van der Waals surface area contributed by atoms with Crippen molar-refractivity contribution in [3.05, 3.63) is 47.5 Å². The van der Waals surface area contributed by atoms with Crippen LogP contribution in [-0.2, 0) is 13.1 Å². The largest absolute Gasteiger partial charge is 1.00 e. The lowest BCUT2D eigenvalue weighted by Crippen LogP contribution is -3.00. The minimum absolute atomic E-state index is 0. The highest BCUT2D eigenvalue weighted by Gasteiger charge is 2.22. The lowest BCUT2D eigenvalue weighted by Gasteiger charge is -2.31. The monoisotopic (exact) mass is 632 g/mol. The van der Waals surface area contributed by atoms with Crippen molar-refractivity contribution in [1.82, 2.24) is 0 Å². The molecule has 8 heteroatoms. The number of methoxy groups -OCH3 is 4. The SMILES string of the molecule is COc1cccc(C[N+](C)(C)CCCCCC[N+](C)(C)Cc2cccc(OC)c2OC)c1OC.[Br-].[Br-]. The molecule has 0 unspecified atom stereocenters. The summed E-state index contributed by atoms with van der Waals surface area (Å²) < 4.78 is 24.0. The van der Waals surface area contributed by atoms with Gasteiger partial charge in [0, 0.05) is 0 Å². The second-order valence-electron chi connectivity index (χ2n) is 10.4. The van der Waals surface area contributed by atoms with Crippen LogP contribution in [0.2, 0.25) is 0 Å². The van der Waals surface area contributed by atoms with Crippen LogP contribution in [0.25, 0.3) is 0 Å². The molecule has 2 aromatic rings.